The Morgan fingerprint density at radius 2 is 2.33 bits per heavy atom. The molecule has 0 aliphatic carbocycles. The van der Waals surface area contributed by atoms with Crippen LogP contribution in [0.5, 0.6) is 0 Å². The zero-order valence-corrected chi connectivity index (χ0v) is 11.9. The van der Waals surface area contributed by atoms with E-state index < -0.39 is 0 Å². The molecule has 0 fully saturated rings. The van der Waals surface area contributed by atoms with Gasteiger partial charge in [-0.05, 0) is 26.3 Å². The number of methoxy groups -OCH3 is 1. The van der Waals surface area contributed by atoms with E-state index in [1.165, 1.54) is 11.3 Å². The standard InChI is InChI=1S/C14H25N3O/c1-5-13(9-15-6-7-18-4)8-14-10-16-11-17(14)12(2)3/h8,10-12,15H,5-7,9H2,1-4H3. The van der Waals surface area contributed by atoms with Crippen molar-refractivity contribution in [2.45, 2.75) is 33.2 Å². The quantitative estimate of drug-likeness (QED) is 0.722. The molecular formula is C14H25N3O. The van der Waals surface area contributed by atoms with Crippen LogP contribution in [0.25, 0.3) is 6.08 Å². The molecule has 4 nitrogen and oxygen atoms in total. The van der Waals surface area contributed by atoms with Crippen LogP contribution < -0.4 is 5.32 Å². The van der Waals surface area contributed by atoms with Crippen molar-refractivity contribution in [3.8, 4) is 0 Å². The van der Waals surface area contributed by atoms with Crippen molar-refractivity contribution < 1.29 is 4.74 Å². The highest BCUT2D eigenvalue weighted by atomic mass is 16.5. The maximum Gasteiger partial charge on any atom is 0.0953 e. The fourth-order valence-corrected chi connectivity index (χ4v) is 1.77. The summed E-state index contributed by atoms with van der Waals surface area (Å²) in [5.74, 6) is 0. The van der Waals surface area contributed by atoms with Crippen LogP contribution in [0.15, 0.2) is 18.1 Å². The predicted molar refractivity (Wildman–Crippen MR) is 75.6 cm³/mol. The van der Waals surface area contributed by atoms with Crippen LogP contribution in [0.4, 0.5) is 0 Å². The fraction of sp³-hybridized carbons (Fsp3) is 0.643. The van der Waals surface area contributed by atoms with E-state index in [-0.39, 0.29) is 0 Å². The number of hydrogen-bond acceptors (Lipinski definition) is 3. The molecule has 0 atom stereocenters. The minimum Gasteiger partial charge on any atom is -0.383 e. The molecule has 1 aromatic heterocycles. The van der Waals surface area contributed by atoms with Crippen LogP contribution in [0.1, 0.15) is 38.9 Å². The van der Waals surface area contributed by atoms with Gasteiger partial charge in [0, 0.05) is 26.2 Å². The van der Waals surface area contributed by atoms with E-state index in [1.54, 1.807) is 7.11 Å². The minimum absolute atomic E-state index is 0.443. The van der Waals surface area contributed by atoms with Gasteiger partial charge in [0.15, 0.2) is 0 Å². The van der Waals surface area contributed by atoms with Crippen molar-refractivity contribution in [3.63, 3.8) is 0 Å². The molecule has 0 aromatic carbocycles. The highest BCUT2D eigenvalue weighted by molar-refractivity contribution is 5.49. The Morgan fingerprint density at radius 3 is 2.94 bits per heavy atom. The van der Waals surface area contributed by atoms with Crippen LogP contribution in [0.3, 0.4) is 0 Å². The molecule has 1 rings (SSSR count). The molecule has 18 heavy (non-hydrogen) atoms. The third-order valence-corrected chi connectivity index (χ3v) is 2.89. The van der Waals surface area contributed by atoms with E-state index in [9.17, 15) is 0 Å². The molecule has 0 aliphatic rings. The average Bonchev–Trinajstić information content (AvgIpc) is 2.81. The van der Waals surface area contributed by atoms with E-state index in [2.05, 4.69) is 41.7 Å². The van der Waals surface area contributed by atoms with Crippen molar-refractivity contribution in [2.24, 2.45) is 0 Å². The van der Waals surface area contributed by atoms with E-state index in [0.717, 1.165) is 26.1 Å². The van der Waals surface area contributed by atoms with Crippen molar-refractivity contribution in [2.75, 3.05) is 26.8 Å². The minimum atomic E-state index is 0.443. The van der Waals surface area contributed by atoms with Crippen LogP contribution in [-0.2, 0) is 4.74 Å². The fourth-order valence-electron chi connectivity index (χ4n) is 1.77. The highest BCUT2D eigenvalue weighted by Gasteiger charge is 2.04. The van der Waals surface area contributed by atoms with Gasteiger partial charge in [0.25, 0.3) is 0 Å². The van der Waals surface area contributed by atoms with Gasteiger partial charge in [-0.1, -0.05) is 12.5 Å². The molecular weight excluding hydrogens is 226 g/mol. The molecule has 1 aromatic rings. The second-order valence-electron chi connectivity index (χ2n) is 4.65. The largest absolute Gasteiger partial charge is 0.383 e. The Balaban J connectivity index is 2.62. The molecule has 102 valence electrons. The lowest BCUT2D eigenvalue weighted by molar-refractivity contribution is 0.200. The lowest BCUT2D eigenvalue weighted by Crippen LogP contribution is -2.21. The van der Waals surface area contributed by atoms with Gasteiger partial charge in [0.1, 0.15) is 0 Å². The molecule has 0 aliphatic heterocycles. The predicted octanol–water partition coefficient (Wildman–Crippen LogP) is 2.49. The average molecular weight is 251 g/mol. The van der Waals surface area contributed by atoms with Gasteiger partial charge in [-0.15, -0.1) is 0 Å². The summed E-state index contributed by atoms with van der Waals surface area (Å²) in [5, 5.41) is 3.38. The summed E-state index contributed by atoms with van der Waals surface area (Å²) in [6.45, 7) is 9.06. The Hall–Kier alpha value is -1.13. The summed E-state index contributed by atoms with van der Waals surface area (Å²) in [7, 11) is 1.72. The number of nitrogens with zero attached hydrogens (tertiary/aromatic N) is 2. The molecule has 0 spiro atoms. The Bertz CT molecular complexity index is 369. The highest BCUT2D eigenvalue weighted by Crippen LogP contribution is 2.13. The second-order valence-corrected chi connectivity index (χ2v) is 4.65. The lowest BCUT2D eigenvalue weighted by atomic mass is 10.1. The van der Waals surface area contributed by atoms with Crippen molar-refractivity contribution >= 4 is 6.08 Å². The first-order valence-electron chi connectivity index (χ1n) is 6.60. The zero-order chi connectivity index (χ0) is 13.4. The molecule has 0 saturated heterocycles. The number of rotatable bonds is 8. The summed E-state index contributed by atoms with van der Waals surface area (Å²) >= 11 is 0. The summed E-state index contributed by atoms with van der Waals surface area (Å²) in [4.78, 5) is 4.22. The van der Waals surface area contributed by atoms with Gasteiger partial charge in [-0.25, -0.2) is 4.98 Å². The van der Waals surface area contributed by atoms with Crippen LogP contribution >= 0.6 is 0 Å². The molecule has 1 heterocycles. The molecule has 4 heteroatoms. The third-order valence-electron chi connectivity index (χ3n) is 2.89. The molecule has 0 saturated carbocycles. The number of ether oxygens (including phenoxy) is 1. The second kappa shape index (κ2) is 8.06. The van der Waals surface area contributed by atoms with Crippen molar-refractivity contribution in [1.82, 2.24) is 14.9 Å². The summed E-state index contributed by atoms with van der Waals surface area (Å²) < 4.78 is 7.20. The van der Waals surface area contributed by atoms with Gasteiger partial charge in [-0.3, -0.25) is 0 Å². The van der Waals surface area contributed by atoms with E-state index in [4.69, 9.17) is 4.74 Å². The van der Waals surface area contributed by atoms with Gasteiger partial charge in [0.05, 0.1) is 24.8 Å². The summed E-state index contributed by atoms with van der Waals surface area (Å²) in [6.07, 6.45) is 7.09. The van der Waals surface area contributed by atoms with E-state index in [1.807, 2.05) is 12.5 Å². The first-order valence-corrected chi connectivity index (χ1v) is 6.60. The van der Waals surface area contributed by atoms with Gasteiger partial charge in [-0.2, -0.15) is 0 Å². The Kier molecular flexibility index (Phi) is 6.68. The van der Waals surface area contributed by atoms with Crippen molar-refractivity contribution in [3.05, 3.63) is 23.8 Å². The SMILES string of the molecule is CCC(=Cc1cncn1C(C)C)CNCCOC. The van der Waals surface area contributed by atoms with Crippen molar-refractivity contribution in [1.29, 1.82) is 0 Å². The van der Waals surface area contributed by atoms with Crippen LogP contribution in [0.2, 0.25) is 0 Å². The number of nitrogens with one attached hydrogen (secondary N) is 1. The Labute approximate surface area is 110 Å². The van der Waals surface area contributed by atoms with Crippen LogP contribution in [-0.4, -0.2) is 36.4 Å². The first kappa shape index (κ1) is 14.9. The molecule has 0 unspecified atom stereocenters. The Morgan fingerprint density at radius 1 is 1.56 bits per heavy atom. The topological polar surface area (TPSA) is 39.1 Å². The van der Waals surface area contributed by atoms with E-state index in [0.29, 0.717) is 6.04 Å². The first-order chi connectivity index (χ1) is 8.69. The van der Waals surface area contributed by atoms with Crippen LogP contribution in [0, 0.1) is 0 Å². The molecule has 0 bridgehead atoms. The molecule has 0 radical (unpaired) electrons. The maximum absolute atomic E-state index is 5.02. The zero-order valence-electron chi connectivity index (χ0n) is 11.9. The van der Waals surface area contributed by atoms with Gasteiger partial charge in [0.2, 0.25) is 0 Å². The molecule has 1 N–H and O–H groups in total. The van der Waals surface area contributed by atoms with Gasteiger partial charge >= 0.3 is 0 Å². The third kappa shape index (κ3) is 4.63. The summed E-state index contributed by atoms with van der Waals surface area (Å²) in [6, 6.07) is 0.443. The van der Waals surface area contributed by atoms with Gasteiger partial charge < -0.3 is 14.6 Å². The molecule has 0 amide bonds. The number of hydrogen-bond donors (Lipinski definition) is 1. The summed E-state index contributed by atoms with van der Waals surface area (Å²) in [5.41, 5.74) is 2.56. The normalized spacial score (nSPS) is 12.4. The smallest absolute Gasteiger partial charge is 0.0953 e. The van der Waals surface area contributed by atoms with E-state index >= 15 is 0 Å². The number of imidazole rings is 1. The monoisotopic (exact) mass is 251 g/mol. The lowest BCUT2D eigenvalue weighted by Gasteiger charge is -2.11. The maximum atomic E-state index is 5.02. The number of aromatic nitrogens is 2.